The van der Waals surface area contributed by atoms with Crippen LogP contribution in [-0.2, 0) is 18.6 Å². The number of ketones is 1. The average Bonchev–Trinajstić information content (AvgIpc) is 3.18. The third-order valence-electron chi connectivity index (χ3n) is 5.72. The minimum Gasteiger partial charge on any atom is -0.479 e. The Kier molecular flexibility index (Phi) is 6.71. The zero-order valence-corrected chi connectivity index (χ0v) is 20.1. The van der Waals surface area contributed by atoms with Crippen LogP contribution in [0.25, 0.3) is 11.2 Å². The number of fused-ring (bicyclic) bond motifs is 1. The Balaban J connectivity index is 1.55. The van der Waals surface area contributed by atoms with E-state index in [-0.39, 0.29) is 29.9 Å². The summed E-state index contributed by atoms with van der Waals surface area (Å²) in [5, 5.41) is 24.7. The van der Waals surface area contributed by atoms with Gasteiger partial charge in [-0.05, 0) is 26.7 Å². The van der Waals surface area contributed by atoms with Crippen LogP contribution in [0.1, 0.15) is 32.9 Å². The number of methoxy groups -OCH3 is 1. The molecule has 0 bridgehead atoms. The lowest BCUT2D eigenvalue weighted by Gasteiger charge is -2.27. The van der Waals surface area contributed by atoms with Crippen molar-refractivity contribution in [2.75, 3.05) is 25.2 Å². The van der Waals surface area contributed by atoms with Gasteiger partial charge in [0, 0.05) is 5.75 Å². The number of nitrogen functional groups attached to an aromatic ring is 1. The second kappa shape index (κ2) is 9.10. The molecule has 33 heavy (non-hydrogen) atoms. The number of hydrogen-bond acceptors (Lipinski definition) is 12. The first-order valence-corrected chi connectivity index (χ1v) is 13.5. The lowest BCUT2D eigenvalue weighted by atomic mass is 9.96. The van der Waals surface area contributed by atoms with Crippen molar-refractivity contribution in [3.8, 4) is 5.88 Å². The number of imidazole rings is 1. The second-order valence-corrected chi connectivity index (χ2v) is 12.6. The van der Waals surface area contributed by atoms with Crippen molar-refractivity contribution >= 4 is 41.0 Å². The Hall–Kier alpha value is -1.80. The highest BCUT2D eigenvalue weighted by Gasteiger charge is 2.54. The molecule has 0 amide bonds. The van der Waals surface area contributed by atoms with Gasteiger partial charge in [-0.2, -0.15) is 9.97 Å². The van der Waals surface area contributed by atoms with Crippen LogP contribution in [0.15, 0.2) is 6.33 Å². The van der Waals surface area contributed by atoms with E-state index >= 15 is 0 Å². The van der Waals surface area contributed by atoms with Gasteiger partial charge < -0.3 is 29.9 Å². The Labute approximate surface area is 193 Å². The quantitative estimate of drug-likeness (QED) is 0.404. The van der Waals surface area contributed by atoms with E-state index in [2.05, 4.69) is 20.0 Å². The molecule has 0 aromatic carbocycles. The fourth-order valence-corrected chi connectivity index (χ4v) is 7.82. The standard InChI is InChI=1S/C18H27N6O7PS/c1-9(25)10-5-4-6-33-32(28,23-10)30-7-11-13(26)18(2,27)16(31-11)24-8-20-12-14(24)21-17(19)22-15(12)29-3/h8,10-11,13,16,26-27H,4-7H2,1-3H3,(H,23,28)(H2,19,21,22)/t10-,11+,13+,16+,18+,32-/m0/s1. The van der Waals surface area contributed by atoms with Crippen LogP contribution in [0.3, 0.4) is 0 Å². The molecule has 5 N–H and O–H groups in total. The van der Waals surface area contributed by atoms with E-state index in [1.165, 1.54) is 31.9 Å². The van der Waals surface area contributed by atoms with Gasteiger partial charge in [-0.3, -0.25) is 13.9 Å². The molecule has 2 fully saturated rings. The minimum atomic E-state index is -3.42. The molecule has 2 aromatic heterocycles. The minimum absolute atomic E-state index is 0.0613. The van der Waals surface area contributed by atoms with Crippen molar-refractivity contribution in [1.29, 1.82) is 0 Å². The number of anilines is 1. The van der Waals surface area contributed by atoms with Gasteiger partial charge in [-0.1, -0.05) is 11.4 Å². The van der Waals surface area contributed by atoms with Crippen molar-refractivity contribution in [3.63, 3.8) is 0 Å². The van der Waals surface area contributed by atoms with Crippen LogP contribution in [0.4, 0.5) is 5.95 Å². The van der Waals surface area contributed by atoms with Crippen LogP contribution < -0.4 is 15.6 Å². The molecule has 0 saturated carbocycles. The van der Waals surface area contributed by atoms with Crippen LogP contribution in [-0.4, -0.2) is 78.8 Å². The molecule has 13 nitrogen and oxygen atoms in total. The Bertz CT molecular complexity index is 1100. The number of carbonyl (C=O) groups excluding carboxylic acids is 1. The van der Waals surface area contributed by atoms with Gasteiger partial charge in [-0.15, -0.1) is 0 Å². The van der Waals surface area contributed by atoms with E-state index in [9.17, 15) is 19.6 Å². The molecule has 6 atom stereocenters. The highest BCUT2D eigenvalue weighted by Crippen LogP contribution is 2.58. The summed E-state index contributed by atoms with van der Waals surface area (Å²) >= 11 is 1.11. The summed E-state index contributed by atoms with van der Waals surface area (Å²) in [6.07, 6.45) is -0.846. The number of rotatable bonds is 6. The highest BCUT2D eigenvalue weighted by atomic mass is 32.7. The maximum absolute atomic E-state index is 13.2. The highest BCUT2D eigenvalue weighted by molar-refractivity contribution is 8.56. The first kappa shape index (κ1) is 24.3. The van der Waals surface area contributed by atoms with Gasteiger partial charge in [-0.25, -0.2) is 10.1 Å². The lowest BCUT2D eigenvalue weighted by Crippen LogP contribution is -2.44. The summed E-state index contributed by atoms with van der Waals surface area (Å²) in [5.41, 5.74) is 4.54. The molecule has 0 unspecified atom stereocenters. The number of nitrogens with two attached hydrogens (primary N) is 1. The molecule has 2 aliphatic rings. The zero-order chi connectivity index (χ0) is 24.0. The molecule has 182 valence electrons. The Morgan fingerprint density at radius 3 is 2.97 bits per heavy atom. The van der Waals surface area contributed by atoms with Crippen LogP contribution in [0.2, 0.25) is 0 Å². The lowest BCUT2D eigenvalue weighted by molar-refractivity contribution is -0.118. The van der Waals surface area contributed by atoms with E-state index in [0.717, 1.165) is 17.8 Å². The number of nitrogens with zero attached hydrogens (tertiary/aromatic N) is 4. The summed E-state index contributed by atoms with van der Waals surface area (Å²) in [4.78, 5) is 24.2. The summed E-state index contributed by atoms with van der Waals surface area (Å²) < 4.78 is 31.4. The van der Waals surface area contributed by atoms with Crippen molar-refractivity contribution < 1.29 is 33.6 Å². The fourth-order valence-electron chi connectivity index (χ4n) is 3.90. The van der Waals surface area contributed by atoms with Crippen molar-refractivity contribution in [2.45, 2.75) is 56.8 Å². The topological polar surface area (TPSA) is 184 Å². The van der Waals surface area contributed by atoms with Crippen molar-refractivity contribution in [3.05, 3.63) is 6.33 Å². The molecule has 4 rings (SSSR count). The molecule has 4 heterocycles. The van der Waals surface area contributed by atoms with Gasteiger partial charge >= 0.3 is 6.72 Å². The normalized spacial score (nSPS) is 34.9. The molecular formula is C18H27N6O7PS. The van der Waals surface area contributed by atoms with Gasteiger partial charge in [0.1, 0.15) is 23.6 Å². The summed E-state index contributed by atoms with van der Waals surface area (Å²) in [7, 11) is 1.41. The molecule has 0 radical (unpaired) electrons. The number of aliphatic hydroxyl groups excluding tert-OH is 1. The third kappa shape index (κ3) is 4.61. The Morgan fingerprint density at radius 1 is 1.52 bits per heavy atom. The maximum atomic E-state index is 13.2. The summed E-state index contributed by atoms with van der Waals surface area (Å²) in [6.45, 7) is -0.858. The average molecular weight is 502 g/mol. The number of hydrogen-bond donors (Lipinski definition) is 4. The van der Waals surface area contributed by atoms with E-state index in [4.69, 9.17) is 19.7 Å². The van der Waals surface area contributed by atoms with Crippen molar-refractivity contribution in [1.82, 2.24) is 24.6 Å². The Morgan fingerprint density at radius 2 is 2.27 bits per heavy atom. The number of nitrogens with one attached hydrogen (secondary N) is 1. The number of ether oxygens (including phenoxy) is 2. The maximum Gasteiger partial charge on any atom is 0.327 e. The van der Waals surface area contributed by atoms with Gasteiger partial charge in [0.05, 0.1) is 26.1 Å². The predicted octanol–water partition coefficient (Wildman–Crippen LogP) is 0.625. The molecule has 2 aliphatic heterocycles. The number of aliphatic hydroxyl groups is 2. The molecule has 15 heteroatoms. The largest absolute Gasteiger partial charge is 0.479 e. The first-order chi connectivity index (χ1) is 15.6. The monoisotopic (exact) mass is 502 g/mol. The SMILES string of the molecule is COc1nc(N)nc2c1ncn2[C@@H]1O[C@H](CO[P@@]2(=O)N[C@H](C(C)=O)CCCS2)[C@@H](O)[C@@]1(C)O. The van der Waals surface area contributed by atoms with E-state index in [0.29, 0.717) is 17.7 Å². The summed E-state index contributed by atoms with van der Waals surface area (Å²) in [5.74, 6) is 0.537. The molecule has 2 saturated heterocycles. The number of Topliss-reactive ketones (excluding diaryl/α,β-unsaturated/α-hetero) is 1. The van der Waals surface area contributed by atoms with E-state index in [1.54, 1.807) is 0 Å². The van der Waals surface area contributed by atoms with Gasteiger partial charge in [0.15, 0.2) is 17.4 Å². The first-order valence-electron chi connectivity index (χ1n) is 10.3. The number of aromatic nitrogens is 4. The molecular weight excluding hydrogens is 475 g/mol. The fraction of sp³-hybridized carbons (Fsp3) is 0.667. The van der Waals surface area contributed by atoms with E-state index in [1.807, 2.05) is 0 Å². The van der Waals surface area contributed by atoms with Gasteiger partial charge in [0.25, 0.3) is 0 Å². The van der Waals surface area contributed by atoms with Crippen molar-refractivity contribution in [2.24, 2.45) is 0 Å². The zero-order valence-electron chi connectivity index (χ0n) is 18.4. The predicted molar refractivity (Wildman–Crippen MR) is 120 cm³/mol. The van der Waals surface area contributed by atoms with E-state index < -0.39 is 36.8 Å². The second-order valence-electron chi connectivity index (χ2n) is 8.17. The molecule has 2 aromatic rings. The smallest absolute Gasteiger partial charge is 0.327 e. The van der Waals surface area contributed by atoms with Gasteiger partial charge in [0.2, 0.25) is 11.8 Å². The molecule has 0 spiro atoms. The summed E-state index contributed by atoms with van der Waals surface area (Å²) in [6, 6.07) is -0.562. The van der Waals surface area contributed by atoms with Crippen LogP contribution in [0.5, 0.6) is 5.88 Å². The number of carbonyl (C=O) groups is 1. The molecule has 0 aliphatic carbocycles. The third-order valence-corrected chi connectivity index (χ3v) is 9.85. The van der Waals surface area contributed by atoms with Crippen LogP contribution >= 0.6 is 18.1 Å². The van der Waals surface area contributed by atoms with Crippen LogP contribution in [0, 0.1) is 0 Å².